The van der Waals surface area contributed by atoms with E-state index in [0.29, 0.717) is 18.7 Å². The summed E-state index contributed by atoms with van der Waals surface area (Å²) < 4.78 is 6.85. The van der Waals surface area contributed by atoms with Crippen LogP contribution in [0, 0.1) is 6.92 Å². The number of hydrogen-bond donors (Lipinski definition) is 1. The van der Waals surface area contributed by atoms with Crippen LogP contribution in [0.2, 0.25) is 0 Å². The van der Waals surface area contributed by atoms with Crippen molar-refractivity contribution in [2.75, 3.05) is 6.61 Å². The largest absolute Gasteiger partial charge is 0.484 e. The summed E-state index contributed by atoms with van der Waals surface area (Å²) in [5.74, 6) is 0.342. The number of amides is 2. The van der Waals surface area contributed by atoms with Crippen molar-refractivity contribution in [1.82, 2.24) is 10.2 Å². The fourth-order valence-corrected chi connectivity index (χ4v) is 5.14. The van der Waals surface area contributed by atoms with Gasteiger partial charge in [0.15, 0.2) is 6.61 Å². The number of benzene rings is 3. The number of nitrogens with zero attached hydrogens (tertiary/aromatic N) is 1. The standard InChI is InChI=1S/C30H33BrN2O3/c1-22-10-5-8-17-28(22)36-21-29(34)33(20-24-13-9-14-25(31)18-24)27(19-23-11-3-2-4-12-23)30(35)32-26-15-6-7-16-26/h2-5,8-14,17-18,26-27H,6-7,15-16,19-21H2,1H3,(H,32,35). The average Bonchev–Trinajstić information content (AvgIpc) is 3.39. The van der Waals surface area contributed by atoms with Crippen molar-refractivity contribution in [2.24, 2.45) is 0 Å². The van der Waals surface area contributed by atoms with Crippen molar-refractivity contribution >= 4 is 27.7 Å². The Balaban J connectivity index is 1.62. The number of aryl methyl sites for hydroxylation is 1. The molecule has 1 aliphatic carbocycles. The summed E-state index contributed by atoms with van der Waals surface area (Å²) in [6.07, 6.45) is 4.65. The molecule has 5 nitrogen and oxygen atoms in total. The van der Waals surface area contributed by atoms with Crippen LogP contribution in [0.4, 0.5) is 0 Å². The molecule has 1 N–H and O–H groups in total. The number of halogens is 1. The highest BCUT2D eigenvalue weighted by atomic mass is 79.9. The quantitative estimate of drug-likeness (QED) is 0.346. The Labute approximate surface area is 222 Å². The van der Waals surface area contributed by atoms with Crippen LogP contribution >= 0.6 is 15.9 Å². The Morgan fingerprint density at radius 2 is 1.67 bits per heavy atom. The summed E-state index contributed by atoms with van der Waals surface area (Å²) in [7, 11) is 0. The van der Waals surface area contributed by atoms with E-state index in [9.17, 15) is 9.59 Å². The molecule has 36 heavy (non-hydrogen) atoms. The summed E-state index contributed by atoms with van der Waals surface area (Å²) in [5, 5.41) is 3.23. The third kappa shape index (κ3) is 7.20. The lowest BCUT2D eigenvalue weighted by molar-refractivity contribution is -0.143. The molecule has 2 amide bonds. The normalized spacial score (nSPS) is 14.3. The molecular formula is C30H33BrN2O3. The lowest BCUT2D eigenvalue weighted by Crippen LogP contribution is -2.53. The third-order valence-corrected chi connectivity index (χ3v) is 7.15. The van der Waals surface area contributed by atoms with E-state index in [1.807, 2.05) is 85.8 Å². The van der Waals surface area contributed by atoms with Gasteiger partial charge in [-0.2, -0.15) is 0 Å². The van der Waals surface area contributed by atoms with Gasteiger partial charge in [-0.15, -0.1) is 0 Å². The number of para-hydroxylation sites is 1. The number of carbonyl (C=O) groups excluding carboxylic acids is 2. The number of ether oxygens (including phenoxy) is 1. The minimum absolute atomic E-state index is 0.106. The van der Waals surface area contributed by atoms with E-state index in [1.54, 1.807) is 4.90 Å². The van der Waals surface area contributed by atoms with Crippen molar-refractivity contribution in [1.29, 1.82) is 0 Å². The second-order valence-electron chi connectivity index (χ2n) is 9.40. The lowest BCUT2D eigenvalue weighted by Gasteiger charge is -2.32. The molecule has 0 heterocycles. The molecule has 1 saturated carbocycles. The number of hydrogen-bond acceptors (Lipinski definition) is 3. The van der Waals surface area contributed by atoms with Crippen LogP contribution in [0.1, 0.15) is 42.4 Å². The highest BCUT2D eigenvalue weighted by Crippen LogP contribution is 2.22. The van der Waals surface area contributed by atoms with Gasteiger partial charge in [0, 0.05) is 23.5 Å². The van der Waals surface area contributed by atoms with E-state index in [1.165, 1.54) is 0 Å². The molecule has 0 aliphatic heterocycles. The molecule has 1 aliphatic rings. The Hall–Kier alpha value is -3.12. The van der Waals surface area contributed by atoms with E-state index in [4.69, 9.17) is 4.74 Å². The van der Waals surface area contributed by atoms with E-state index in [0.717, 1.165) is 46.8 Å². The topological polar surface area (TPSA) is 58.6 Å². The van der Waals surface area contributed by atoms with Crippen molar-refractivity contribution in [3.63, 3.8) is 0 Å². The van der Waals surface area contributed by atoms with Crippen LogP contribution in [0.5, 0.6) is 5.75 Å². The zero-order chi connectivity index (χ0) is 25.3. The molecule has 1 atom stereocenters. The first-order valence-electron chi connectivity index (χ1n) is 12.6. The zero-order valence-corrected chi connectivity index (χ0v) is 22.2. The van der Waals surface area contributed by atoms with Gasteiger partial charge in [-0.05, 0) is 54.7 Å². The van der Waals surface area contributed by atoms with E-state index >= 15 is 0 Å². The molecule has 0 aromatic heterocycles. The van der Waals surface area contributed by atoms with Gasteiger partial charge in [0.2, 0.25) is 5.91 Å². The maximum atomic E-state index is 13.7. The Bertz CT molecular complexity index is 1160. The molecule has 1 fully saturated rings. The summed E-state index contributed by atoms with van der Waals surface area (Å²) in [4.78, 5) is 29.1. The third-order valence-electron chi connectivity index (χ3n) is 6.66. The second kappa shape index (κ2) is 12.7. The maximum Gasteiger partial charge on any atom is 0.261 e. The maximum absolute atomic E-state index is 13.7. The Morgan fingerprint density at radius 1 is 0.972 bits per heavy atom. The van der Waals surface area contributed by atoms with Crippen LogP contribution in [-0.4, -0.2) is 35.4 Å². The minimum atomic E-state index is -0.653. The van der Waals surface area contributed by atoms with Crippen LogP contribution in [0.3, 0.4) is 0 Å². The van der Waals surface area contributed by atoms with Crippen LogP contribution in [-0.2, 0) is 22.6 Å². The molecular weight excluding hydrogens is 516 g/mol. The lowest BCUT2D eigenvalue weighted by atomic mass is 10.0. The first-order valence-corrected chi connectivity index (χ1v) is 13.4. The molecule has 3 aromatic carbocycles. The van der Waals surface area contributed by atoms with Gasteiger partial charge in [-0.1, -0.05) is 89.4 Å². The molecule has 0 bridgehead atoms. The van der Waals surface area contributed by atoms with Gasteiger partial charge in [-0.3, -0.25) is 9.59 Å². The van der Waals surface area contributed by atoms with E-state index in [2.05, 4.69) is 21.2 Å². The Morgan fingerprint density at radius 3 is 2.39 bits per heavy atom. The monoisotopic (exact) mass is 548 g/mol. The number of nitrogens with one attached hydrogen (secondary N) is 1. The van der Waals surface area contributed by atoms with E-state index < -0.39 is 6.04 Å². The first kappa shape index (κ1) is 26.0. The van der Waals surface area contributed by atoms with Crippen molar-refractivity contribution < 1.29 is 14.3 Å². The SMILES string of the molecule is Cc1ccccc1OCC(=O)N(Cc1cccc(Br)c1)C(Cc1ccccc1)C(=O)NC1CCCC1. The molecule has 6 heteroatoms. The second-order valence-corrected chi connectivity index (χ2v) is 10.3. The van der Waals surface area contributed by atoms with Gasteiger partial charge >= 0.3 is 0 Å². The molecule has 188 valence electrons. The zero-order valence-electron chi connectivity index (χ0n) is 20.7. The Kier molecular flexibility index (Phi) is 9.17. The van der Waals surface area contributed by atoms with Gasteiger partial charge < -0.3 is 15.0 Å². The summed E-state index contributed by atoms with van der Waals surface area (Å²) >= 11 is 3.53. The summed E-state index contributed by atoms with van der Waals surface area (Å²) in [6, 6.07) is 24.9. The molecule has 0 saturated heterocycles. The first-order chi connectivity index (χ1) is 17.5. The number of carbonyl (C=O) groups is 2. The predicted molar refractivity (Wildman–Crippen MR) is 146 cm³/mol. The van der Waals surface area contributed by atoms with Crippen molar-refractivity contribution in [2.45, 2.75) is 57.7 Å². The van der Waals surface area contributed by atoms with Gasteiger partial charge in [0.05, 0.1) is 0 Å². The van der Waals surface area contributed by atoms with E-state index in [-0.39, 0.29) is 24.5 Å². The summed E-state index contributed by atoms with van der Waals surface area (Å²) in [6.45, 7) is 2.12. The van der Waals surface area contributed by atoms with Crippen molar-refractivity contribution in [3.05, 3.63) is 100 Å². The van der Waals surface area contributed by atoms with Crippen LogP contribution < -0.4 is 10.1 Å². The van der Waals surface area contributed by atoms with Gasteiger partial charge in [0.1, 0.15) is 11.8 Å². The highest BCUT2D eigenvalue weighted by molar-refractivity contribution is 9.10. The fraction of sp³-hybridized carbons (Fsp3) is 0.333. The van der Waals surface area contributed by atoms with Crippen LogP contribution in [0.25, 0.3) is 0 Å². The molecule has 1 unspecified atom stereocenters. The smallest absolute Gasteiger partial charge is 0.261 e. The molecule has 3 aromatic rings. The predicted octanol–water partition coefficient (Wildman–Crippen LogP) is 5.84. The molecule has 0 spiro atoms. The average molecular weight is 550 g/mol. The number of rotatable bonds is 10. The van der Waals surface area contributed by atoms with Crippen LogP contribution in [0.15, 0.2) is 83.3 Å². The molecule has 0 radical (unpaired) electrons. The minimum Gasteiger partial charge on any atom is -0.484 e. The molecule has 4 rings (SSSR count). The summed E-state index contributed by atoms with van der Waals surface area (Å²) in [5.41, 5.74) is 2.92. The van der Waals surface area contributed by atoms with Gasteiger partial charge in [-0.25, -0.2) is 0 Å². The van der Waals surface area contributed by atoms with Crippen molar-refractivity contribution in [3.8, 4) is 5.75 Å². The fourth-order valence-electron chi connectivity index (χ4n) is 4.69. The van der Waals surface area contributed by atoms with Gasteiger partial charge in [0.25, 0.3) is 5.91 Å². The highest BCUT2D eigenvalue weighted by Gasteiger charge is 2.32.